The fourth-order valence-corrected chi connectivity index (χ4v) is 3.40. The molecule has 0 atom stereocenters. The normalized spacial score (nSPS) is 12.3. The number of rotatable bonds is 2. The molecule has 2 aromatic heterocycles. The van der Waals surface area contributed by atoms with Crippen LogP contribution in [0.1, 0.15) is 25.0 Å². The third-order valence-corrected chi connectivity index (χ3v) is 4.68. The van der Waals surface area contributed by atoms with Gasteiger partial charge >= 0.3 is 0 Å². The van der Waals surface area contributed by atoms with E-state index in [0.29, 0.717) is 0 Å². The van der Waals surface area contributed by atoms with E-state index in [9.17, 15) is 10.2 Å². The first-order chi connectivity index (χ1) is 11.0. The van der Waals surface area contributed by atoms with Gasteiger partial charge in [-0.1, -0.05) is 13.8 Å². The smallest absolute Gasteiger partial charge is 0.116 e. The molecule has 0 aliphatic rings. The van der Waals surface area contributed by atoms with Gasteiger partial charge in [0.15, 0.2) is 0 Å². The highest BCUT2D eigenvalue weighted by molar-refractivity contribution is 5.90. The molecule has 0 aliphatic carbocycles. The Bertz CT molecular complexity index is 942. The highest BCUT2D eigenvalue weighted by Gasteiger charge is 2.29. The van der Waals surface area contributed by atoms with Gasteiger partial charge in [0, 0.05) is 39.6 Å². The van der Waals surface area contributed by atoms with E-state index in [1.165, 1.54) is 0 Å². The van der Waals surface area contributed by atoms with Crippen LogP contribution in [0.25, 0.3) is 21.8 Å². The van der Waals surface area contributed by atoms with Crippen molar-refractivity contribution in [1.82, 2.24) is 9.97 Å². The van der Waals surface area contributed by atoms with Crippen molar-refractivity contribution in [1.29, 1.82) is 0 Å². The highest BCUT2D eigenvalue weighted by atomic mass is 16.3. The summed E-state index contributed by atoms with van der Waals surface area (Å²) in [6, 6.07) is 10.7. The molecule has 4 nitrogen and oxygen atoms in total. The van der Waals surface area contributed by atoms with Gasteiger partial charge in [0.25, 0.3) is 0 Å². The van der Waals surface area contributed by atoms with Gasteiger partial charge in [-0.25, -0.2) is 0 Å². The first kappa shape index (κ1) is 13.8. The number of aromatic hydroxyl groups is 2. The fraction of sp³-hybridized carbons (Fsp3) is 0.158. The van der Waals surface area contributed by atoms with Gasteiger partial charge in [-0.15, -0.1) is 0 Å². The van der Waals surface area contributed by atoms with Crippen molar-refractivity contribution in [2.45, 2.75) is 19.3 Å². The highest BCUT2D eigenvalue weighted by Crippen LogP contribution is 2.40. The zero-order valence-corrected chi connectivity index (χ0v) is 13.0. The lowest BCUT2D eigenvalue weighted by Gasteiger charge is -2.24. The van der Waals surface area contributed by atoms with Crippen LogP contribution in [0, 0.1) is 0 Å². The summed E-state index contributed by atoms with van der Waals surface area (Å²) in [7, 11) is 0. The SMILES string of the molecule is CC(C)(c1c[nH]c2ccc(O)cc12)c1c[nH]c2ccc(O)cc12. The summed E-state index contributed by atoms with van der Waals surface area (Å²) in [6.07, 6.45) is 3.98. The maximum atomic E-state index is 9.82. The lowest BCUT2D eigenvalue weighted by Crippen LogP contribution is -2.18. The Hall–Kier alpha value is -2.88. The Morgan fingerprint density at radius 1 is 0.739 bits per heavy atom. The number of fused-ring (bicyclic) bond motifs is 2. The van der Waals surface area contributed by atoms with Crippen LogP contribution in [-0.2, 0) is 5.41 Å². The largest absolute Gasteiger partial charge is 0.508 e. The Morgan fingerprint density at radius 2 is 1.17 bits per heavy atom. The van der Waals surface area contributed by atoms with E-state index < -0.39 is 0 Å². The number of phenolic OH excluding ortho intramolecular Hbond substituents is 2. The molecule has 0 aliphatic heterocycles. The summed E-state index contributed by atoms with van der Waals surface area (Å²) in [5.74, 6) is 0.511. The number of H-pyrrole nitrogens is 2. The second-order valence-electron chi connectivity index (χ2n) is 6.49. The molecule has 0 unspecified atom stereocenters. The van der Waals surface area contributed by atoms with Gasteiger partial charge in [-0.3, -0.25) is 0 Å². The molecule has 0 saturated carbocycles. The van der Waals surface area contributed by atoms with E-state index in [1.807, 2.05) is 24.5 Å². The summed E-state index contributed by atoms with van der Waals surface area (Å²) in [6.45, 7) is 4.29. The van der Waals surface area contributed by atoms with E-state index in [1.54, 1.807) is 24.3 Å². The van der Waals surface area contributed by atoms with Gasteiger partial charge in [0.1, 0.15) is 11.5 Å². The number of hydrogen-bond donors (Lipinski definition) is 4. The molecular weight excluding hydrogens is 288 g/mol. The first-order valence-corrected chi connectivity index (χ1v) is 7.58. The molecule has 0 radical (unpaired) electrons. The molecule has 4 N–H and O–H groups in total. The minimum absolute atomic E-state index is 0.255. The number of aromatic nitrogens is 2. The molecule has 2 aromatic carbocycles. The Balaban J connectivity index is 1.97. The van der Waals surface area contributed by atoms with E-state index in [2.05, 4.69) is 23.8 Å². The van der Waals surface area contributed by atoms with Crippen molar-refractivity contribution < 1.29 is 10.2 Å². The third-order valence-electron chi connectivity index (χ3n) is 4.68. The molecule has 0 spiro atoms. The van der Waals surface area contributed by atoms with Crippen LogP contribution in [0.2, 0.25) is 0 Å². The number of benzene rings is 2. The van der Waals surface area contributed by atoms with Gasteiger partial charge in [0.05, 0.1) is 0 Å². The monoisotopic (exact) mass is 306 g/mol. The van der Waals surface area contributed by atoms with E-state index >= 15 is 0 Å². The van der Waals surface area contributed by atoms with Crippen LogP contribution in [0.5, 0.6) is 11.5 Å². The van der Waals surface area contributed by atoms with Crippen molar-refractivity contribution in [3.05, 3.63) is 59.9 Å². The first-order valence-electron chi connectivity index (χ1n) is 7.58. The quantitative estimate of drug-likeness (QED) is 0.443. The fourth-order valence-electron chi connectivity index (χ4n) is 3.40. The average Bonchev–Trinajstić information content (AvgIpc) is 3.10. The van der Waals surface area contributed by atoms with Crippen molar-refractivity contribution in [2.24, 2.45) is 0 Å². The molecule has 0 amide bonds. The summed E-state index contributed by atoms with van der Waals surface area (Å²) in [5, 5.41) is 21.7. The Labute approximate surface area is 133 Å². The predicted octanol–water partition coefficient (Wildman–Crippen LogP) is 4.39. The van der Waals surface area contributed by atoms with Gasteiger partial charge in [-0.2, -0.15) is 0 Å². The van der Waals surface area contributed by atoms with E-state index in [0.717, 1.165) is 32.9 Å². The number of phenols is 2. The lowest BCUT2D eigenvalue weighted by molar-refractivity contribution is 0.475. The number of aromatic amines is 2. The maximum Gasteiger partial charge on any atom is 0.116 e. The second kappa shape index (κ2) is 4.56. The summed E-state index contributed by atoms with van der Waals surface area (Å²) in [5.41, 5.74) is 3.90. The molecule has 4 rings (SSSR count). The molecular formula is C19H18N2O2. The molecule has 0 bridgehead atoms. The maximum absolute atomic E-state index is 9.82. The van der Waals surface area contributed by atoms with Crippen LogP contribution in [0.15, 0.2) is 48.8 Å². The van der Waals surface area contributed by atoms with E-state index in [-0.39, 0.29) is 16.9 Å². The standard InChI is InChI=1S/C19H18N2O2/c1-19(2,15-9-20-17-5-3-11(22)7-13(15)17)16-10-21-18-6-4-12(23)8-14(16)18/h3-10,20-23H,1-2H3. The Morgan fingerprint density at radius 3 is 1.61 bits per heavy atom. The van der Waals surface area contributed by atoms with Crippen LogP contribution >= 0.6 is 0 Å². The van der Waals surface area contributed by atoms with Crippen molar-refractivity contribution in [3.8, 4) is 11.5 Å². The Kier molecular flexibility index (Phi) is 2.73. The predicted molar refractivity (Wildman–Crippen MR) is 92.1 cm³/mol. The average molecular weight is 306 g/mol. The molecule has 116 valence electrons. The zero-order valence-electron chi connectivity index (χ0n) is 13.0. The molecule has 0 saturated heterocycles. The van der Waals surface area contributed by atoms with Gasteiger partial charge in [0.2, 0.25) is 0 Å². The van der Waals surface area contributed by atoms with Crippen LogP contribution in [0.4, 0.5) is 0 Å². The molecule has 4 aromatic rings. The van der Waals surface area contributed by atoms with Crippen molar-refractivity contribution in [3.63, 3.8) is 0 Å². The van der Waals surface area contributed by atoms with Crippen molar-refractivity contribution in [2.75, 3.05) is 0 Å². The summed E-state index contributed by atoms with van der Waals surface area (Å²) in [4.78, 5) is 6.54. The van der Waals surface area contributed by atoms with Crippen molar-refractivity contribution >= 4 is 21.8 Å². The molecule has 23 heavy (non-hydrogen) atoms. The van der Waals surface area contributed by atoms with Crippen LogP contribution in [0.3, 0.4) is 0 Å². The third kappa shape index (κ3) is 1.99. The number of hydrogen-bond acceptors (Lipinski definition) is 2. The minimum Gasteiger partial charge on any atom is -0.508 e. The lowest BCUT2D eigenvalue weighted by atomic mass is 9.78. The molecule has 0 fully saturated rings. The minimum atomic E-state index is -0.294. The topological polar surface area (TPSA) is 72.0 Å². The number of nitrogens with one attached hydrogen (secondary N) is 2. The summed E-state index contributed by atoms with van der Waals surface area (Å²) >= 11 is 0. The van der Waals surface area contributed by atoms with Crippen LogP contribution in [-0.4, -0.2) is 20.2 Å². The van der Waals surface area contributed by atoms with Gasteiger partial charge < -0.3 is 20.2 Å². The molecule has 4 heteroatoms. The van der Waals surface area contributed by atoms with Gasteiger partial charge in [-0.05, 0) is 47.5 Å². The van der Waals surface area contributed by atoms with Crippen LogP contribution < -0.4 is 0 Å². The summed E-state index contributed by atoms with van der Waals surface area (Å²) < 4.78 is 0. The second-order valence-corrected chi connectivity index (χ2v) is 6.49. The molecule has 2 heterocycles. The van der Waals surface area contributed by atoms with E-state index in [4.69, 9.17) is 0 Å². The zero-order chi connectivity index (χ0) is 16.2.